The fraction of sp³-hybridized carbons (Fsp3) is 0.500. The molecule has 1 aromatic heterocycles. The van der Waals surface area contributed by atoms with Crippen LogP contribution in [0.4, 0.5) is 0 Å². The standard InChI is InChI=1S/C16H18ClNO2S/c17-14-13(12-9-6-10-21-12)15(19)18(16(14)20)11-7-4-2-1-3-5-8-11/h6,9-11H,1-5,7-8H2. The van der Waals surface area contributed by atoms with Crippen molar-refractivity contribution >= 4 is 40.3 Å². The summed E-state index contributed by atoms with van der Waals surface area (Å²) in [6, 6.07) is 3.72. The van der Waals surface area contributed by atoms with Gasteiger partial charge in [0.15, 0.2) is 0 Å². The third-order valence-electron chi connectivity index (χ3n) is 4.27. The van der Waals surface area contributed by atoms with E-state index in [1.165, 1.54) is 35.5 Å². The minimum Gasteiger partial charge on any atom is -0.270 e. The lowest BCUT2D eigenvalue weighted by molar-refractivity contribution is -0.139. The predicted molar refractivity (Wildman–Crippen MR) is 85.1 cm³/mol. The van der Waals surface area contributed by atoms with Gasteiger partial charge in [-0.05, 0) is 24.3 Å². The number of carbonyl (C=O) groups is 2. The van der Waals surface area contributed by atoms with Crippen LogP contribution in [-0.4, -0.2) is 22.8 Å². The minimum absolute atomic E-state index is 0.0107. The van der Waals surface area contributed by atoms with Crippen LogP contribution in [-0.2, 0) is 9.59 Å². The molecular weight excluding hydrogens is 306 g/mol. The summed E-state index contributed by atoms with van der Waals surface area (Å²) in [5.74, 6) is -0.520. The van der Waals surface area contributed by atoms with Crippen LogP contribution in [0.25, 0.3) is 5.57 Å². The van der Waals surface area contributed by atoms with Crippen LogP contribution in [0.15, 0.2) is 22.5 Å². The van der Waals surface area contributed by atoms with E-state index in [1.807, 2.05) is 17.5 Å². The van der Waals surface area contributed by atoms with E-state index in [1.54, 1.807) is 0 Å². The van der Waals surface area contributed by atoms with Gasteiger partial charge in [-0.15, -0.1) is 11.3 Å². The molecule has 0 bridgehead atoms. The van der Waals surface area contributed by atoms with Crippen molar-refractivity contribution in [1.82, 2.24) is 4.90 Å². The Bertz CT molecular complexity index is 571. The van der Waals surface area contributed by atoms with Crippen LogP contribution in [0.1, 0.15) is 49.8 Å². The van der Waals surface area contributed by atoms with Crippen molar-refractivity contribution in [1.29, 1.82) is 0 Å². The first-order valence-electron chi connectivity index (χ1n) is 7.51. The summed E-state index contributed by atoms with van der Waals surface area (Å²) < 4.78 is 0. The number of halogens is 1. The van der Waals surface area contributed by atoms with E-state index in [2.05, 4.69) is 0 Å². The molecule has 5 heteroatoms. The maximum atomic E-state index is 12.7. The zero-order chi connectivity index (χ0) is 14.8. The highest BCUT2D eigenvalue weighted by molar-refractivity contribution is 7.11. The number of nitrogens with zero attached hydrogens (tertiary/aromatic N) is 1. The van der Waals surface area contributed by atoms with Gasteiger partial charge in [0.25, 0.3) is 11.8 Å². The van der Waals surface area contributed by atoms with Crippen molar-refractivity contribution in [2.45, 2.75) is 51.0 Å². The Morgan fingerprint density at radius 2 is 1.71 bits per heavy atom. The fourth-order valence-corrected chi connectivity index (χ4v) is 4.28. The molecule has 1 fully saturated rings. The van der Waals surface area contributed by atoms with Crippen LogP contribution in [0.2, 0.25) is 0 Å². The van der Waals surface area contributed by atoms with Crippen LogP contribution >= 0.6 is 22.9 Å². The summed E-state index contributed by atoms with van der Waals surface area (Å²) >= 11 is 7.62. The number of hydrogen-bond donors (Lipinski definition) is 0. The van der Waals surface area contributed by atoms with Gasteiger partial charge < -0.3 is 0 Å². The molecule has 3 nitrogen and oxygen atoms in total. The molecule has 2 heterocycles. The lowest BCUT2D eigenvalue weighted by atomic mass is 9.95. The highest BCUT2D eigenvalue weighted by Gasteiger charge is 2.42. The number of rotatable bonds is 2. The molecule has 2 aliphatic rings. The van der Waals surface area contributed by atoms with Gasteiger partial charge in [-0.2, -0.15) is 0 Å². The number of amides is 2. The molecule has 1 saturated carbocycles. The molecule has 1 aromatic rings. The first kappa shape index (κ1) is 14.8. The molecular formula is C16H18ClNO2S. The van der Waals surface area contributed by atoms with Crippen molar-refractivity contribution < 1.29 is 9.59 Å². The molecule has 112 valence electrons. The van der Waals surface area contributed by atoms with Crippen molar-refractivity contribution in [3.8, 4) is 0 Å². The second-order valence-electron chi connectivity index (χ2n) is 5.65. The third-order valence-corrected chi connectivity index (χ3v) is 5.50. The average Bonchev–Trinajstić information content (AvgIpc) is 3.00. The summed E-state index contributed by atoms with van der Waals surface area (Å²) in [4.78, 5) is 27.3. The molecule has 1 aliphatic heterocycles. The van der Waals surface area contributed by atoms with Gasteiger partial charge in [0.05, 0.1) is 5.57 Å². The lowest BCUT2D eigenvalue weighted by Gasteiger charge is -2.28. The Kier molecular flexibility index (Phi) is 4.45. The molecule has 0 N–H and O–H groups in total. The van der Waals surface area contributed by atoms with Crippen LogP contribution in [0, 0.1) is 0 Å². The first-order valence-corrected chi connectivity index (χ1v) is 8.77. The Morgan fingerprint density at radius 3 is 2.33 bits per heavy atom. The SMILES string of the molecule is O=C1C(Cl)=C(c2cccs2)C(=O)N1C1CCCCCCC1. The molecule has 0 saturated heterocycles. The van der Waals surface area contributed by atoms with E-state index in [9.17, 15) is 9.59 Å². The maximum absolute atomic E-state index is 12.7. The molecule has 3 rings (SSSR count). The van der Waals surface area contributed by atoms with Gasteiger partial charge in [-0.25, -0.2) is 0 Å². The van der Waals surface area contributed by atoms with Gasteiger partial charge in [0.1, 0.15) is 5.03 Å². The number of carbonyl (C=O) groups excluding carboxylic acids is 2. The minimum atomic E-state index is -0.310. The Morgan fingerprint density at radius 1 is 1.05 bits per heavy atom. The summed E-state index contributed by atoms with van der Waals surface area (Å²) in [7, 11) is 0. The van der Waals surface area contributed by atoms with Crippen LogP contribution in [0.3, 0.4) is 0 Å². The summed E-state index contributed by atoms with van der Waals surface area (Å²) in [5.41, 5.74) is 0.388. The number of thiophene rings is 1. The zero-order valence-corrected chi connectivity index (χ0v) is 13.4. The summed E-state index contributed by atoms with van der Waals surface area (Å²) in [6.07, 6.45) is 7.59. The monoisotopic (exact) mass is 323 g/mol. The first-order chi connectivity index (χ1) is 10.2. The van der Waals surface area contributed by atoms with E-state index >= 15 is 0 Å². The third kappa shape index (κ3) is 2.79. The topological polar surface area (TPSA) is 37.4 Å². The molecule has 0 aromatic carbocycles. The average molecular weight is 324 g/mol. The number of imide groups is 1. The smallest absolute Gasteiger partial charge is 0.270 e. The molecule has 0 unspecified atom stereocenters. The fourth-order valence-electron chi connectivity index (χ4n) is 3.18. The predicted octanol–water partition coefficient (Wildman–Crippen LogP) is 4.18. The Balaban J connectivity index is 1.85. The zero-order valence-electron chi connectivity index (χ0n) is 11.8. The van der Waals surface area contributed by atoms with Gasteiger partial charge in [-0.3, -0.25) is 14.5 Å². The Labute approximate surface area is 133 Å². The van der Waals surface area contributed by atoms with Gasteiger partial charge in [-0.1, -0.05) is 49.8 Å². The highest BCUT2D eigenvalue weighted by Crippen LogP contribution is 2.37. The second-order valence-corrected chi connectivity index (χ2v) is 6.97. The van der Waals surface area contributed by atoms with Crippen molar-refractivity contribution in [3.63, 3.8) is 0 Å². The van der Waals surface area contributed by atoms with E-state index in [4.69, 9.17) is 11.6 Å². The quantitative estimate of drug-likeness (QED) is 0.766. The Hall–Kier alpha value is -1.13. The maximum Gasteiger partial charge on any atom is 0.273 e. The lowest BCUT2D eigenvalue weighted by Crippen LogP contribution is -2.41. The molecule has 0 atom stereocenters. The molecule has 21 heavy (non-hydrogen) atoms. The summed E-state index contributed by atoms with van der Waals surface area (Å²) in [5, 5.41) is 1.98. The largest absolute Gasteiger partial charge is 0.273 e. The summed E-state index contributed by atoms with van der Waals surface area (Å²) in [6.45, 7) is 0. The van der Waals surface area contributed by atoms with Crippen molar-refractivity contribution in [2.75, 3.05) is 0 Å². The van der Waals surface area contributed by atoms with Gasteiger partial charge in [0, 0.05) is 10.9 Å². The van der Waals surface area contributed by atoms with E-state index in [-0.39, 0.29) is 22.9 Å². The van der Waals surface area contributed by atoms with E-state index in [0.29, 0.717) is 5.57 Å². The van der Waals surface area contributed by atoms with Gasteiger partial charge >= 0.3 is 0 Å². The normalized spacial score (nSPS) is 21.9. The molecule has 0 radical (unpaired) electrons. The molecule has 0 spiro atoms. The number of hydrogen-bond acceptors (Lipinski definition) is 3. The molecule has 1 aliphatic carbocycles. The van der Waals surface area contributed by atoms with Gasteiger partial charge in [0.2, 0.25) is 0 Å². The van der Waals surface area contributed by atoms with E-state index in [0.717, 1.165) is 30.6 Å². The molecule has 2 amide bonds. The van der Waals surface area contributed by atoms with Crippen LogP contribution in [0.5, 0.6) is 0 Å². The highest BCUT2D eigenvalue weighted by atomic mass is 35.5. The van der Waals surface area contributed by atoms with E-state index < -0.39 is 0 Å². The van der Waals surface area contributed by atoms with Crippen molar-refractivity contribution in [3.05, 3.63) is 27.4 Å². The van der Waals surface area contributed by atoms with Crippen molar-refractivity contribution in [2.24, 2.45) is 0 Å². The van der Waals surface area contributed by atoms with Crippen LogP contribution < -0.4 is 0 Å². The second kappa shape index (κ2) is 6.32.